The molecule has 4 nitrogen and oxygen atoms in total. The molecule has 2 aliphatic heterocycles. The third kappa shape index (κ3) is 3.76. The van der Waals surface area contributed by atoms with Crippen molar-refractivity contribution in [3.8, 4) is 16.5 Å². The Labute approximate surface area is 202 Å². The average Bonchev–Trinajstić information content (AvgIpc) is 3.32. The molecule has 6 heteroatoms. The van der Waals surface area contributed by atoms with Crippen molar-refractivity contribution in [1.82, 2.24) is 4.98 Å². The highest BCUT2D eigenvalue weighted by atomic mass is 32.2. The zero-order valence-corrected chi connectivity index (χ0v) is 20.0. The van der Waals surface area contributed by atoms with Gasteiger partial charge in [-0.1, -0.05) is 24.3 Å². The van der Waals surface area contributed by atoms with Crippen LogP contribution in [0.3, 0.4) is 0 Å². The van der Waals surface area contributed by atoms with Crippen LogP contribution >= 0.6 is 23.1 Å². The molecule has 0 radical (unpaired) electrons. The van der Waals surface area contributed by atoms with Gasteiger partial charge in [-0.05, 0) is 64.6 Å². The van der Waals surface area contributed by atoms with Crippen molar-refractivity contribution in [1.29, 1.82) is 5.26 Å². The van der Waals surface area contributed by atoms with E-state index in [-0.39, 0.29) is 0 Å². The largest absolute Gasteiger partial charge is 0.367 e. The van der Waals surface area contributed by atoms with Gasteiger partial charge in [0.2, 0.25) is 0 Å². The molecule has 164 valence electrons. The molecule has 0 aliphatic carbocycles. The monoisotopic (exact) mass is 468 g/mol. The van der Waals surface area contributed by atoms with Crippen molar-refractivity contribution < 1.29 is 0 Å². The number of fused-ring (bicyclic) bond motifs is 2. The normalized spacial score (nSPS) is 16.0. The first-order chi connectivity index (χ1) is 16.3. The van der Waals surface area contributed by atoms with Gasteiger partial charge in [0.1, 0.15) is 11.9 Å². The summed E-state index contributed by atoms with van der Waals surface area (Å²) in [5, 5.41) is 11.5. The van der Waals surface area contributed by atoms with Gasteiger partial charge in [-0.15, -0.1) is 11.3 Å². The smallest absolute Gasteiger partial charge is 0.128 e. The van der Waals surface area contributed by atoms with Gasteiger partial charge in [-0.3, -0.25) is 0 Å². The minimum absolute atomic E-state index is 0.890. The number of aromatic nitrogens is 1. The minimum atomic E-state index is 0.890. The first kappa shape index (κ1) is 20.6. The molecule has 0 amide bonds. The number of nitriles is 1. The summed E-state index contributed by atoms with van der Waals surface area (Å²) in [4.78, 5) is 10.6. The number of piperazine rings is 1. The van der Waals surface area contributed by atoms with E-state index in [1.54, 1.807) is 0 Å². The van der Waals surface area contributed by atoms with Crippen LogP contribution in [0, 0.1) is 11.3 Å². The maximum atomic E-state index is 10.2. The van der Waals surface area contributed by atoms with E-state index in [0.717, 1.165) is 61.2 Å². The third-order valence-electron chi connectivity index (χ3n) is 6.67. The van der Waals surface area contributed by atoms with Gasteiger partial charge in [0, 0.05) is 47.7 Å². The molecule has 4 heterocycles. The van der Waals surface area contributed by atoms with Crippen LogP contribution in [0.25, 0.3) is 20.5 Å². The summed E-state index contributed by atoms with van der Waals surface area (Å²) >= 11 is 3.84. The molecule has 0 unspecified atom stereocenters. The molecule has 0 saturated carbocycles. The molecule has 0 spiro atoms. The van der Waals surface area contributed by atoms with Gasteiger partial charge in [0.15, 0.2) is 0 Å². The van der Waals surface area contributed by atoms with E-state index in [0.29, 0.717) is 0 Å². The predicted octanol–water partition coefficient (Wildman–Crippen LogP) is 5.95. The Morgan fingerprint density at radius 2 is 1.73 bits per heavy atom. The number of thioether (sulfide) groups is 1. The van der Waals surface area contributed by atoms with Crippen molar-refractivity contribution in [3.05, 3.63) is 77.5 Å². The molecule has 4 aromatic rings. The lowest BCUT2D eigenvalue weighted by Gasteiger charge is -2.38. The van der Waals surface area contributed by atoms with Gasteiger partial charge in [-0.2, -0.15) is 17.0 Å². The minimum Gasteiger partial charge on any atom is -0.367 e. The molecular weight excluding hydrogens is 444 g/mol. The molecule has 0 bridgehead atoms. The maximum absolute atomic E-state index is 10.2. The summed E-state index contributed by atoms with van der Waals surface area (Å²) in [6.07, 6.45) is 2.83. The second kappa shape index (κ2) is 8.74. The number of thiophene rings is 1. The van der Waals surface area contributed by atoms with Crippen LogP contribution in [0.2, 0.25) is 0 Å². The van der Waals surface area contributed by atoms with Crippen molar-refractivity contribution in [2.75, 3.05) is 41.7 Å². The molecule has 2 aromatic carbocycles. The Morgan fingerprint density at radius 3 is 2.52 bits per heavy atom. The molecule has 2 aromatic heterocycles. The maximum Gasteiger partial charge on any atom is 0.128 e. The highest BCUT2D eigenvalue weighted by Gasteiger charge is 2.27. The molecule has 0 N–H and O–H groups in total. The van der Waals surface area contributed by atoms with E-state index < -0.39 is 0 Å². The summed E-state index contributed by atoms with van der Waals surface area (Å²) in [5.74, 6) is 3.11. The predicted molar refractivity (Wildman–Crippen MR) is 141 cm³/mol. The Morgan fingerprint density at radius 1 is 0.909 bits per heavy atom. The van der Waals surface area contributed by atoms with E-state index in [2.05, 4.69) is 63.3 Å². The topological polar surface area (TPSA) is 43.2 Å². The van der Waals surface area contributed by atoms with Crippen LogP contribution in [0.5, 0.6) is 0 Å². The Hall–Kier alpha value is -3.01. The zero-order valence-electron chi connectivity index (χ0n) is 18.3. The second-order valence-corrected chi connectivity index (χ2v) is 10.7. The number of benzene rings is 2. The molecule has 1 fully saturated rings. The van der Waals surface area contributed by atoms with E-state index in [9.17, 15) is 5.26 Å². The van der Waals surface area contributed by atoms with Crippen molar-refractivity contribution >= 4 is 44.7 Å². The highest BCUT2D eigenvalue weighted by molar-refractivity contribution is 7.98. The van der Waals surface area contributed by atoms with E-state index in [4.69, 9.17) is 0 Å². The summed E-state index contributed by atoms with van der Waals surface area (Å²) < 4.78 is 1.32. The Balaban J connectivity index is 1.40. The van der Waals surface area contributed by atoms with Crippen LogP contribution in [0.4, 0.5) is 11.5 Å². The van der Waals surface area contributed by atoms with Gasteiger partial charge in [0.05, 0.1) is 11.3 Å². The number of hydrogen-bond acceptors (Lipinski definition) is 6. The SMILES string of the molecule is N#Cc1c(N2CCN(c3ccccn3)CC2)cc(-c2cc3ccccc3s2)c2c1CCSC2. The number of nitrogens with zero attached hydrogens (tertiary/aromatic N) is 4. The van der Waals surface area contributed by atoms with Gasteiger partial charge in [0.25, 0.3) is 0 Å². The van der Waals surface area contributed by atoms with E-state index in [1.807, 2.05) is 41.4 Å². The van der Waals surface area contributed by atoms with Crippen LogP contribution in [0.1, 0.15) is 16.7 Å². The lowest BCUT2D eigenvalue weighted by atomic mass is 9.92. The first-order valence-corrected chi connectivity index (χ1v) is 13.4. The lowest BCUT2D eigenvalue weighted by molar-refractivity contribution is 0.646. The van der Waals surface area contributed by atoms with E-state index in [1.165, 1.54) is 31.7 Å². The fraction of sp³-hybridized carbons (Fsp3) is 0.259. The lowest BCUT2D eigenvalue weighted by Crippen LogP contribution is -2.47. The summed E-state index contributed by atoms with van der Waals surface area (Å²) in [6.45, 7) is 3.61. The van der Waals surface area contributed by atoms with Crippen molar-refractivity contribution in [3.63, 3.8) is 0 Å². The van der Waals surface area contributed by atoms with Crippen LogP contribution < -0.4 is 9.80 Å². The van der Waals surface area contributed by atoms with Crippen LogP contribution in [0.15, 0.2) is 60.8 Å². The van der Waals surface area contributed by atoms with E-state index >= 15 is 0 Å². The second-order valence-electron chi connectivity index (χ2n) is 8.50. The average molecular weight is 469 g/mol. The number of pyridine rings is 1. The first-order valence-electron chi connectivity index (χ1n) is 11.4. The quantitative estimate of drug-likeness (QED) is 0.372. The molecule has 1 saturated heterocycles. The molecule has 33 heavy (non-hydrogen) atoms. The molecule has 0 atom stereocenters. The van der Waals surface area contributed by atoms with Gasteiger partial charge >= 0.3 is 0 Å². The number of hydrogen-bond donors (Lipinski definition) is 0. The molecular formula is C27H24N4S2. The van der Waals surface area contributed by atoms with Crippen molar-refractivity contribution in [2.45, 2.75) is 12.2 Å². The molecule has 6 rings (SSSR count). The van der Waals surface area contributed by atoms with Crippen LogP contribution in [-0.2, 0) is 12.2 Å². The van der Waals surface area contributed by atoms with Crippen LogP contribution in [-0.4, -0.2) is 36.9 Å². The summed E-state index contributed by atoms with van der Waals surface area (Å²) in [5.41, 5.74) is 5.95. The third-order valence-corrected chi connectivity index (χ3v) is 8.80. The summed E-state index contributed by atoms with van der Waals surface area (Å²) in [7, 11) is 0. The molecule has 2 aliphatic rings. The number of anilines is 2. The Bertz CT molecular complexity index is 1320. The Kier molecular flexibility index (Phi) is 5.45. The fourth-order valence-corrected chi connectivity index (χ4v) is 7.11. The zero-order chi connectivity index (χ0) is 22.2. The summed E-state index contributed by atoms with van der Waals surface area (Å²) in [6, 6.07) is 21.9. The number of rotatable bonds is 3. The highest BCUT2D eigenvalue weighted by Crippen LogP contribution is 2.43. The van der Waals surface area contributed by atoms with Gasteiger partial charge < -0.3 is 9.80 Å². The standard InChI is InChI=1S/C27H24N4S2/c28-17-22-20-8-14-32-18-23(20)21(26-15-19-5-1-2-6-25(19)33-26)16-24(22)30-10-12-31(13-11-30)27-7-3-4-9-29-27/h1-7,9,15-16H,8,10-14,18H2. The van der Waals surface area contributed by atoms with Crippen molar-refractivity contribution in [2.24, 2.45) is 0 Å². The van der Waals surface area contributed by atoms with Gasteiger partial charge in [-0.25, -0.2) is 4.98 Å². The fourth-order valence-electron chi connectivity index (χ4n) is 4.98.